The van der Waals surface area contributed by atoms with Crippen molar-refractivity contribution in [2.24, 2.45) is 0 Å². The molecule has 27 heavy (non-hydrogen) atoms. The van der Waals surface area contributed by atoms with Crippen molar-refractivity contribution >= 4 is 11.9 Å². The molecule has 2 aromatic carbocycles. The summed E-state index contributed by atoms with van der Waals surface area (Å²) in [6.45, 7) is 0.132. The number of carboxylic acids is 1. The Morgan fingerprint density at radius 1 is 0.963 bits per heavy atom. The highest BCUT2D eigenvalue weighted by atomic mass is 16.5. The fourth-order valence-electron chi connectivity index (χ4n) is 2.48. The predicted molar refractivity (Wildman–Crippen MR) is 99.5 cm³/mol. The minimum atomic E-state index is -1.02. The highest BCUT2D eigenvalue weighted by Crippen LogP contribution is 2.27. The SMILES string of the molecule is COc1ccc(CC(=O)NCCc2ccc(OCC(=O)O)cc2)cc1OC. The van der Waals surface area contributed by atoms with Crippen molar-refractivity contribution < 1.29 is 28.9 Å². The number of amides is 1. The first-order chi connectivity index (χ1) is 13.0. The van der Waals surface area contributed by atoms with Gasteiger partial charge in [-0.2, -0.15) is 0 Å². The average Bonchev–Trinajstić information content (AvgIpc) is 2.67. The number of aliphatic carboxylic acids is 1. The summed E-state index contributed by atoms with van der Waals surface area (Å²) >= 11 is 0. The monoisotopic (exact) mass is 373 g/mol. The predicted octanol–water partition coefficient (Wildman–Crippen LogP) is 2.07. The summed E-state index contributed by atoms with van der Waals surface area (Å²) in [6.07, 6.45) is 0.916. The normalized spacial score (nSPS) is 10.1. The van der Waals surface area contributed by atoms with Crippen LogP contribution in [0.1, 0.15) is 11.1 Å². The molecule has 0 bridgehead atoms. The van der Waals surface area contributed by atoms with Crippen LogP contribution in [0.15, 0.2) is 42.5 Å². The molecule has 0 aliphatic carbocycles. The van der Waals surface area contributed by atoms with E-state index in [1.165, 1.54) is 0 Å². The minimum absolute atomic E-state index is 0.0800. The first kappa shape index (κ1) is 20.1. The van der Waals surface area contributed by atoms with Crippen LogP contribution in [0.5, 0.6) is 17.2 Å². The highest BCUT2D eigenvalue weighted by Gasteiger charge is 2.08. The van der Waals surface area contributed by atoms with Crippen molar-refractivity contribution in [1.29, 1.82) is 0 Å². The molecule has 0 heterocycles. The van der Waals surface area contributed by atoms with Crippen molar-refractivity contribution in [2.75, 3.05) is 27.4 Å². The lowest BCUT2D eigenvalue weighted by Crippen LogP contribution is -2.27. The Bertz CT molecular complexity index is 773. The third kappa shape index (κ3) is 6.54. The van der Waals surface area contributed by atoms with Gasteiger partial charge in [0.1, 0.15) is 5.75 Å². The lowest BCUT2D eigenvalue weighted by atomic mass is 10.1. The standard InChI is InChI=1S/C20H23NO6/c1-25-17-8-5-15(11-18(17)26-2)12-19(22)21-10-9-14-3-6-16(7-4-14)27-13-20(23)24/h3-8,11H,9-10,12-13H2,1-2H3,(H,21,22)(H,23,24). The number of methoxy groups -OCH3 is 2. The molecule has 1 amide bonds. The first-order valence-electron chi connectivity index (χ1n) is 8.43. The number of carbonyl (C=O) groups excluding carboxylic acids is 1. The Labute approximate surface area is 157 Å². The molecule has 0 saturated heterocycles. The van der Waals surface area contributed by atoms with Crippen LogP contribution in [-0.2, 0) is 22.4 Å². The second kappa shape index (κ2) is 10.1. The zero-order valence-corrected chi connectivity index (χ0v) is 15.4. The second-order valence-corrected chi connectivity index (χ2v) is 5.79. The van der Waals surface area contributed by atoms with Crippen molar-refractivity contribution in [3.8, 4) is 17.2 Å². The van der Waals surface area contributed by atoms with E-state index in [0.717, 1.165) is 11.1 Å². The zero-order valence-electron chi connectivity index (χ0n) is 15.4. The lowest BCUT2D eigenvalue weighted by molar-refractivity contribution is -0.139. The molecule has 2 rings (SSSR count). The van der Waals surface area contributed by atoms with Crippen LogP contribution >= 0.6 is 0 Å². The molecule has 0 unspecified atom stereocenters. The molecule has 2 N–H and O–H groups in total. The molecule has 0 aromatic heterocycles. The van der Waals surface area contributed by atoms with Gasteiger partial charge in [-0.1, -0.05) is 18.2 Å². The first-order valence-corrected chi connectivity index (χ1v) is 8.43. The van der Waals surface area contributed by atoms with Crippen molar-refractivity contribution in [3.05, 3.63) is 53.6 Å². The largest absolute Gasteiger partial charge is 0.493 e. The van der Waals surface area contributed by atoms with Gasteiger partial charge in [0.15, 0.2) is 18.1 Å². The Hall–Kier alpha value is -3.22. The Morgan fingerprint density at radius 2 is 1.63 bits per heavy atom. The molecule has 0 atom stereocenters. The van der Waals surface area contributed by atoms with E-state index < -0.39 is 5.97 Å². The van der Waals surface area contributed by atoms with Crippen LogP contribution < -0.4 is 19.5 Å². The van der Waals surface area contributed by atoms with E-state index in [1.807, 2.05) is 18.2 Å². The van der Waals surface area contributed by atoms with Gasteiger partial charge in [-0.3, -0.25) is 4.79 Å². The third-order valence-corrected chi connectivity index (χ3v) is 3.83. The van der Waals surface area contributed by atoms with Crippen LogP contribution in [0, 0.1) is 0 Å². The Kier molecular flexibility index (Phi) is 7.49. The summed E-state index contributed by atoms with van der Waals surface area (Å²) in [5.74, 6) is 0.615. The number of nitrogens with one attached hydrogen (secondary N) is 1. The number of hydrogen-bond acceptors (Lipinski definition) is 5. The molecule has 7 nitrogen and oxygen atoms in total. The summed E-state index contributed by atoms with van der Waals surface area (Å²) in [5, 5.41) is 11.5. The van der Waals surface area contributed by atoms with Gasteiger partial charge in [0, 0.05) is 6.54 Å². The highest BCUT2D eigenvalue weighted by molar-refractivity contribution is 5.78. The molecule has 0 radical (unpaired) electrons. The average molecular weight is 373 g/mol. The molecule has 144 valence electrons. The van der Waals surface area contributed by atoms with E-state index >= 15 is 0 Å². The molecule has 2 aromatic rings. The van der Waals surface area contributed by atoms with Gasteiger partial charge in [0.05, 0.1) is 20.6 Å². The summed E-state index contributed by atoms with van der Waals surface area (Å²) in [5.41, 5.74) is 1.86. The van der Waals surface area contributed by atoms with Gasteiger partial charge in [-0.15, -0.1) is 0 Å². The molecule has 7 heteroatoms. The van der Waals surface area contributed by atoms with E-state index in [1.54, 1.807) is 38.5 Å². The maximum absolute atomic E-state index is 12.1. The number of ether oxygens (including phenoxy) is 3. The summed E-state index contributed by atoms with van der Waals surface area (Å²) in [6, 6.07) is 12.5. The second-order valence-electron chi connectivity index (χ2n) is 5.79. The van der Waals surface area contributed by atoms with Crippen molar-refractivity contribution in [1.82, 2.24) is 5.32 Å². The molecule has 0 aliphatic rings. The fourth-order valence-corrected chi connectivity index (χ4v) is 2.48. The number of carboxylic acid groups (broad SMARTS) is 1. The number of benzene rings is 2. The fraction of sp³-hybridized carbons (Fsp3) is 0.300. The van der Waals surface area contributed by atoms with Crippen LogP contribution in [0.4, 0.5) is 0 Å². The maximum atomic E-state index is 12.1. The summed E-state index contributed by atoms with van der Waals surface area (Å²) in [4.78, 5) is 22.6. The topological polar surface area (TPSA) is 94.1 Å². The molecule has 0 aliphatic heterocycles. The van der Waals surface area contributed by atoms with Gasteiger partial charge >= 0.3 is 5.97 Å². The van der Waals surface area contributed by atoms with Crippen LogP contribution in [0.2, 0.25) is 0 Å². The summed E-state index contributed by atoms with van der Waals surface area (Å²) < 4.78 is 15.5. The van der Waals surface area contributed by atoms with Gasteiger partial charge in [0.2, 0.25) is 5.91 Å². The van der Waals surface area contributed by atoms with E-state index in [4.69, 9.17) is 19.3 Å². The zero-order chi connectivity index (χ0) is 19.6. The van der Waals surface area contributed by atoms with Gasteiger partial charge in [-0.05, 0) is 41.8 Å². The molecular formula is C20H23NO6. The van der Waals surface area contributed by atoms with E-state index in [2.05, 4.69) is 5.32 Å². The van der Waals surface area contributed by atoms with Gasteiger partial charge in [0.25, 0.3) is 0 Å². The van der Waals surface area contributed by atoms with Gasteiger partial charge in [-0.25, -0.2) is 4.79 Å². The lowest BCUT2D eigenvalue weighted by Gasteiger charge is -2.10. The molecule has 0 fully saturated rings. The molecule has 0 spiro atoms. The smallest absolute Gasteiger partial charge is 0.341 e. The van der Waals surface area contributed by atoms with Crippen LogP contribution in [0.3, 0.4) is 0 Å². The molecule has 0 saturated carbocycles. The van der Waals surface area contributed by atoms with Crippen molar-refractivity contribution in [2.45, 2.75) is 12.8 Å². The minimum Gasteiger partial charge on any atom is -0.493 e. The van der Waals surface area contributed by atoms with Crippen molar-refractivity contribution in [3.63, 3.8) is 0 Å². The number of rotatable bonds is 10. The Morgan fingerprint density at radius 3 is 2.26 bits per heavy atom. The van der Waals surface area contributed by atoms with Crippen LogP contribution in [-0.4, -0.2) is 44.4 Å². The van der Waals surface area contributed by atoms with E-state index in [0.29, 0.717) is 30.2 Å². The third-order valence-electron chi connectivity index (χ3n) is 3.83. The number of hydrogen-bond donors (Lipinski definition) is 2. The quantitative estimate of drug-likeness (QED) is 0.662. The van der Waals surface area contributed by atoms with E-state index in [9.17, 15) is 9.59 Å². The van der Waals surface area contributed by atoms with Crippen LogP contribution in [0.25, 0.3) is 0 Å². The summed E-state index contributed by atoms with van der Waals surface area (Å²) in [7, 11) is 3.12. The Balaban J connectivity index is 1.78. The maximum Gasteiger partial charge on any atom is 0.341 e. The van der Waals surface area contributed by atoms with E-state index in [-0.39, 0.29) is 18.9 Å². The molecular weight excluding hydrogens is 350 g/mol. The number of carbonyl (C=O) groups is 2. The van der Waals surface area contributed by atoms with Gasteiger partial charge < -0.3 is 24.6 Å².